The fourth-order valence-electron chi connectivity index (χ4n) is 1.42. The molecule has 0 radical (unpaired) electrons. The zero-order chi connectivity index (χ0) is 19.3. The topological polar surface area (TPSA) is 31.6 Å². The number of aromatic amines is 2. The zero-order valence-corrected chi connectivity index (χ0v) is 20.4. The van der Waals surface area contributed by atoms with Gasteiger partial charge in [-0.2, -0.15) is 41.1 Å². The Kier molecular flexibility index (Phi) is 33.3. The smallest absolute Gasteiger partial charge is 0.484 e. The largest absolute Gasteiger partial charge is 2.00 e. The van der Waals surface area contributed by atoms with Crippen LogP contribution in [0.4, 0.5) is 0 Å². The van der Waals surface area contributed by atoms with Crippen LogP contribution < -0.4 is 0 Å². The van der Waals surface area contributed by atoms with Gasteiger partial charge in [-0.1, -0.05) is 47.5 Å². The van der Waals surface area contributed by atoms with Crippen LogP contribution in [0, 0.1) is 39.4 Å². The third kappa shape index (κ3) is 24.8. The molecule has 0 saturated heterocycles. The first-order valence-corrected chi connectivity index (χ1v) is 8.45. The molecule has 0 atom stereocenters. The molecule has 4 heteroatoms. The standard InChI is InChI=1S/C7H10N.C6H8N.2C5H7.2Ru/c1-2-3-7-4-5-8-6-7;1-5-3-7-4-6(5)2;2*1-3-5-4-2;;/h4-5,8H,2-3H2,1H3;3,7H,1-2H3;2*1,3-5H,2H3;;/q4*-1;2*+2. The van der Waals surface area contributed by atoms with E-state index >= 15 is 0 Å². The third-order valence-electron chi connectivity index (χ3n) is 2.87. The van der Waals surface area contributed by atoms with E-state index in [4.69, 9.17) is 13.2 Å². The van der Waals surface area contributed by atoms with Gasteiger partial charge in [-0.25, -0.2) is 24.3 Å². The summed E-state index contributed by atoms with van der Waals surface area (Å²) in [6, 6.07) is 2.06. The molecule has 0 spiro atoms. The number of H-pyrrole nitrogens is 2. The number of allylic oxidation sites excluding steroid dienone is 6. The average Bonchev–Trinajstić information content (AvgIpc) is 3.24. The second-order valence-electron chi connectivity index (χ2n) is 5.04. The molecule has 0 aromatic carbocycles. The molecule has 150 valence electrons. The first-order chi connectivity index (χ1) is 12.1. The van der Waals surface area contributed by atoms with Crippen LogP contribution in [-0.4, -0.2) is 9.97 Å². The number of rotatable bonds is 4. The summed E-state index contributed by atoms with van der Waals surface area (Å²) >= 11 is 0. The molecule has 0 aliphatic rings. The van der Waals surface area contributed by atoms with Gasteiger partial charge in [-0.15, -0.1) is 18.6 Å². The van der Waals surface area contributed by atoms with E-state index in [1.54, 1.807) is 12.2 Å². The van der Waals surface area contributed by atoms with Crippen LogP contribution >= 0.6 is 0 Å². The molecule has 0 aliphatic carbocycles. The van der Waals surface area contributed by atoms with E-state index in [0.29, 0.717) is 0 Å². The van der Waals surface area contributed by atoms with Gasteiger partial charge in [0.15, 0.2) is 0 Å². The van der Waals surface area contributed by atoms with Crippen molar-refractivity contribution < 1.29 is 39.0 Å². The van der Waals surface area contributed by atoms with Crippen molar-refractivity contribution in [3.05, 3.63) is 97.2 Å². The van der Waals surface area contributed by atoms with Gasteiger partial charge >= 0.3 is 39.0 Å². The van der Waals surface area contributed by atoms with Gasteiger partial charge in [0, 0.05) is 0 Å². The molecule has 0 amide bonds. The van der Waals surface area contributed by atoms with E-state index in [-0.39, 0.29) is 39.0 Å². The molecule has 2 N–H and O–H groups in total. The number of hydrogen-bond donors (Lipinski definition) is 2. The summed E-state index contributed by atoms with van der Waals surface area (Å²) in [5, 5.41) is 0. The maximum Gasteiger partial charge on any atom is 2.00 e. The first kappa shape index (κ1) is 33.4. The monoisotopic (exact) mass is 540 g/mol. The number of aryl methyl sites for hydroxylation is 3. The van der Waals surface area contributed by atoms with Crippen LogP contribution in [0.3, 0.4) is 0 Å². The summed E-state index contributed by atoms with van der Waals surface area (Å²) in [5.74, 6) is 0. The Morgan fingerprint density at radius 1 is 0.963 bits per heavy atom. The quantitative estimate of drug-likeness (QED) is 0.260. The summed E-state index contributed by atoms with van der Waals surface area (Å²) in [4.78, 5) is 5.76. The fourth-order valence-corrected chi connectivity index (χ4v) is 1.42. The first-order valence-electron chi connectivity index (χ1n) is 8.45. The Balaban J connectivity index is -0.000000130. The molecule has 2 nitrogen and oxygen atoms in total. The molecule has 2 rings (SSSR count). The second kappa shape index (κ2) is 27.0. The maximum absolute atomic E-state index is 4.93. The maximum atomic E-state index is 4.93. The molecule has 0 saturated carbocycles. The van der Waals surface area contributed by atoms with E-state index in [1.165, 1.54) is 35.3 Å². The van der Waals surface area contributed by atoms with Crippen molar-refractivity contribution in [3.8, 4) is 0 Å². The van der Waals surface area contributed by atoms with Gasteiger partial charge in [0.25, 0.3) is 0 Å². The van der Waals surface area contributed by atoms with Crippen molar-refractivity contribution in [3.63, 3.8) is 0 Å². The van der Waals surface area contributed by atoms with E-state index in [2.05, 4.69) is 42.3 Å². The fraction of sp³-hybridized carbons (Fsp3) is 0.304. The molecule has 2 heterocycles. The van der Waals surface area contributed by atoms with Gasteiger partial charge < -0.3 is 9.97 Å². The normalized spacial score (nSPS) is 8.63. The Morgan fingerprint density at radius 2 is 1.52 bits per heavy atom. The van der Waals surface area contributed by atoms with Crippen LogP contribution in [0.25, 0.3) is 0 Å². The summed E-state index contributed by atoms with van der Waals surface area (Å²) in [6.07, 6.45) is 22.5. The van der Waals surface area contributed by atoms with Crippen LogP contribution in [-0.2, 0) is 45.4 Å². The van der Waals surface area contributed by atoms with Crippen LogP contribution in [0.1, 0.15) is 43.9 Å². The molecule has 2 aromatic heterocycles. The van der Waals surface area contributed by atoms with Crippen molar-refractivity contribution in [1.82, 2.24) is 9.97 Å². The average molecular weight is 539 g/mol. The van der Waals surface area contributed by atoms with Gasteiger partial charge in [0.05, 0.1) is 0 Å². The molecular formula is C23H32N2Ru2. The number of hydrogen-bond acceptors (Lipinski definition) is 0. The van der Waals surface area contributed by atoms with Crippen LogP contribution in [0.15, 0.2) is 54.9 Å². The summed E-state index contributed by atoms with van der Waals surface area (Å²) < 4.78 is 0. The van der Waals surface area contributed by atoms with E-state index in [9.17, 15) is 0 Å². The Hall–Kier alpha value is -1.23. The number of nitrogens with one attached hydrogen (secondary N) is 2. The minimum atomic E-state index is 0. The molecule has 0 aliphatic heterocycles. The van der Waals surface area contributed by atoms with Gasteiger partial charge in [0.1, 0.15) is 0 Å². The van der Waals surface area contributed by atoms with Crippen LogP contribution in [0.5, 0.6) is 0 Å². The molecule has 0 unspecified atom stereocenters. The molecule has 0 bridgehead atoms. The van der Waals surface area contributed by atoms with E-state index in [0.717, 1.165) is 6.42 Å². The van der Waals surface area contributed by atoms with Gasteiger partial charge in [-0.05, 0) is 0 Å². The summed E-state index contributed by atoms with van der Waals surface area (Å²) in [7, 11) is 0. The predicted molar refractivity (Wildman–Crippen MR) is 110 cm³/mol. The summed E-state index contributed by atoms with van der Waals surface area (Å²) in [5.41, 5.74) is 3.77. The van der Waals surface area contributed by atoms with Crippen molar-refractivity contribution in [2.45, 2.75) is 47.5 Å². The van der Waals surface area contributed by atoms with Crippen molar-refractivity contribution in [1.29, 1.82) is 0 Å². The minimum Gasteiger partial charge on any atom is -0.484 e. The van der Waals surface area contributed by atoms with Gasteiger partial charge in [-0.3, -0.25) is 13.2 Å². The van der Waals surface area contributed by atoms with E-state index in [1.807, 2.05) is 45.3 Å². The Labute approximate surface area is 192 Å². The molecule has 27 heavy (non-hydrogen) atoms. The van der Waals surface area contributed by atoms with Crippen molar-refractivity contribution >= 4 is 0 Å². The summed E-state index contributed by atoms with van der Waals surface area (Å²) in [6.45, 7) is 20.0. The van der Waals surface area contributed by atoms with E-state index < -0.39 is 0 Å². The molecule has 2 aromatic rings. The molecule has 0 fully saturated rings. The predicted octanol–water partition coefficient (Wildman–Crippen LogP) is 6.30. The third-order valence-corrected chi connectivity index (χ3v) is 2.87. The second-order valence-corrected chi connectivity index (χ2v) is 5.04. The Bertz CT molecular complexity index is 547. The van der Waals surface area contributed by atoms with Crippen molar-refractivity contribution in [2.24, 2.45) is 0 Å². The minimum absolute atomic E-state index is 0. The zero-order valence-electron chi connectivity index (χ0n) is 17.0. The number of aromatic nitrogens is 2. The molecular weight excluding hydrogens is 506 g/mol. The van der Waals surface area contributed by atoms with Crippen molar-refractivity contribution in [2.75, 3.05) is 0 Å². The SMILES string of the molecule is CCCc1[c-][nH]cc1.Cc1[c-][nH]cc1C.[CH-]=CC=CC.[CH-]=CC=CC.[Ru+2].[Ru+2]. The Morgan fingerprint density at radius 3 is 1.70 bits per heavy atom. The van der Waals surface area contributed by atoms with Crippen LogP contribution in [0.2, 0.25) is 0 Å². The van der Waals surface area contributed by atoms with Gasteiger partial charge in [0.2, 0.25) is 0 Å².